The highest BCUT2D eigenvalue weighted by molar-refractivity contribution is 6.46. The third-order valence-corrected chi connectivity index (χ3v) is 7.65. The van der Waals surface area contributed by atoms with Crippen LogP contribution in [0.15, 0.2) is 84.4 Å². The van der Waals surface area contributed by atoms with Crippen LogP contribution in [0.4, 0.5) is 0 Å². The van der Waals surface area contributed by atoms with Crippen molar-refractivity contribution in [2.75, 3.05) is 32.8 Å². The Bertz CT molecular complexity index is 1330. The van der Waals surface area contributed by atoms with Gasteiger partial charge in [-0.1, -0.05) is 69.7 Å². The van der Waals surface area contributed by atoms with E-state index in [1.54, 1.807) is 29.2 Å². The lowest BCUT2D eigenvalue weighted by Crippen LogP contribution is -2.33. The number of carbonyl (C=O) groups is 2. The van der Waals surface area contributed by atoms with Crippen LogP contribution in [-0.4, -0.2) is 59.4 Å². The van der Waals surface area contributed by atoms with Gasteiger partial charge in [0.05, 0.1) is 18.2 Å². The van der Waals surface area contributed by atoms with Crippen molar-refractivity contribution in [2.45, 2.75) is 52.7 Å². The molecular formula is C35H42N2O5. The number of hydrogen-bond acceptors (Lipinski definition) is 6. The number of aliphatic hydroxyl groups excluding tert-OH is 1. The van der Waals surface area contributed by atoms with Gasteiger partial charge in [0.15, 0.2) is 0 Å². The van der Waals surface area contributed by atoms with Crippen LogP contribution in [0, 0.1) is 0 Å². The Balaban J connectivity index is 1.62. The number of likely N-dealkylation sites (tertiary alicyclic amines) is 1. The SMILES string of the molecule is CCCCOc1ccc(C(O)=C2C(=O)C(=O)N(CCCN(CC)CC)[C@@H]2c2ccc(OCc3ccccc3)cc2)cc1. The fourth-order valence-electron chi connectivity index (χ4n) is 5.15. The fourth-order valence-corrected chi connectivity index (χ4v) is 5.15. The molecular weight excluding hydrogens is 528 g/mol. The van der Waals surface area contributed by atoms with Crippen molar-refractivity contribution in [1.82, 2.24) is 9.80 Å². The molecule has 42 heavy (non-hydrogen) atoms. The average molecular weight is 571 g/mol. The maximum absolute atomic E-state index is 13.4. The molecule has 0 unspecified atom stereocenters. The predicted octanol–water partition coefficient (Wildman–Crippen LogP) is 6.60. The highest BCUT2D eigenvalue weighted by Crippen LogP contribution is 2.40. The molecule has 1 N–H and O–H groups in total. The first kappa shape index (κ1) is 30.8. The van der Waals surface area contributed by atoms with Crippen molar-refractivity contribution in [1.29, 1.82) is 0 Å². The number of amides is 1. The standard InChI is InChI=1S/C35H42N2O5/c1-4-7-24-41-29-20-16-28(17-21-29)33(38)31-32(37(35(40)34(31)39)23-11-22-36(5-2)6-3)27-14-18-30(19-15-27)42-25-26-12-9-8-10-13-26/h8-10,12-21,32,38H,4-7,11,22-25H2,1-3H3/t32-/m1/s1. The molecule has 7 nitrogen and oxygen atoms in total. The summed E-state index contributed by atoms with van der Waals surface area (Å²) >= 11 is 0. The molecule has 1 aliphatic heterocycles. The van der Waals surface area contributed by atoms with Crippen LogP contribution in [0.5, 0.6) is 11.5 Å². The Morgan fingerprint density at radius 2 is 1.48 bits per heavy atom. The Morgan fingerprint density at radius 3 is 2.12 bits per heavy atom. The number of rotatable bonds is 15. The molecule has 1 amide bonds. The van der Waals surface area contributed by atoms with Gasteiger partial charge in [-0.15, -0.1) is 0 Å². The molecule has 3 aromatic carbocycles. The zero-order valence-corrected chi connectivity index (χ0v) is 24.9. The van der Waals surface area contributed by atoms with E-state index < -0.39 is 17.7 Å². The number of ketones is 1. The minimum atomic E-state index is -0.703. The van der Waals surface area contributed by atoms with E-state index >= 15 is 0 Å². The first-order valence-electron chi connectivity index (χ1n) is 15.0. The maximum atomic E-state index is 13.4. The molecule has 0 saturated carbocycles. The van der Waals surface area contributed by atoms with E-state index in [-0.39, 0.29) is 11.3 Å². The molecule has 0 aliphatic carbocycles. The highest BCUT2D eigenvalue weighted by atomic mass is 16.5. The number of Topliss-reactive ketones (excluding diaryl/α,β-unsaturated/α-hetero) is 1. The minimum absolute atomic E-state index is 0.0976. The third kappa shape index (κ3) is 7.59. The molecule has 0 spiro atoms. The number of unbranched alkanes of at least 4 members (excludes halogenated alkanes) is 1. The first-order valence-corrected chi connectivity index (χ1v) is 15.0. The second-order valence-electron chi connectivity index (χ2n) is 10.4. The molecule has 1 heterocycles. The van der Waals surface area contributed by atoms with Gasteiger partial charge < -0.3 is 24.4 Å². The van der Waals surface area contributed by atoms with E-state index in [4.69, 9.17) is 9.47 Å². The van der Waals surface area contributed by atoms with Crippen molar-refractivity contribution in [2.24, 2.45) is 0 Å². The van der Waals surface area contributed by atoms with Crippen molar-refractivity contribution in [3.05, 3.63) is 101 Å². The number of carbonyl (C=O) groups excluding carboxylic acids is 2. The van der Waals surface area contributed by atoms with Gasteiger partial charge in [0.1, 0.15) is 23.9 Å². The highest BCUT2D eigenvalue weighted by Gasteiger charge is 2.45. The molecule has 4 rings (SSSR count). The van der Waals surface area contributed by atoms with Crippen LogP contribution in [0.2, 0.25) is 0 Å². The van der Waals surface area contributed by atoms with Crippen LogP contribution >= 0.6 is 0 Å². The minimum Gasteiger partial charge on any atom is -0.507 e. The number of nitrogens with zero attached hydrogens (tertiary/aromatic N) is 2. The maximum Gasteiger partial charge on any atom is 0.295 e. The summed E-state index contributed by atoms with van der Waals surface area (Å²) in [5.74, 6) is -0.0774. The van der Waals surface area contributed by atoms with Crippen LogP contribution in [-0.2, 0) is 16.2 Å². The van der Waals surface area contributed by atoms with Gasteiger partial charge in [0, 0.05) is 12.1 Å². The summed E-state index contributed by atoms with van der Waals surface area (Å²) in [6, 6.07) is 23.6. The van der Waals surface area contributed by atoms with Crippen LogP contribution in [0.1, 0.15) is 62.8 Å². The van der Waals surface area contributed by atoms with Gasteiger partial charge in [-0.05, 0) is 80.0 Å². The quantitative estimate of drug-likeness (QED) is 0.0960. The van der Waals surface area contributed by atoms with Crippen molar-refractivity contribution >= 4 is 17.4 Å². The van der Waals surface area contributed by atoms with Crippen molar-refractivity contribution < 1.29 is 24.2 Å². The average Bonchev–Trinajstić information content (AvgIpc) is 3.28. The molecule has 0 aromatic heterocycles. The van der Waals surface area contributed by atoms with E-state index in [1.165, 1.54) is 0 Å². The lowest BCUT2D eigenvalue weighted by Gasteiger charge is -2.27. The first-order chi connectivity index (χ1) is 20.5. The Hall–Kier alpha value is -4.10. The van der Waals surface area contributed by atoms with Gasteiger partial charge in [-0.25, -0.2) is 0 Å². The molecule has 0 bridgehead atoms. The van der Waals surface area contributed by atoms with E-state index in [1.807, 2.05) is 54.6 Å². The molecule has 222 valence electrons. The second-order valence-corrected chi connectivity index (χ2v) is 10.4. The summed E-state index contributed by atoms with van der Waals surface area (Å²) in [6.07, 6.45) is 2.71. The lowest BCUT2D eigenvalue weighted by molar-refractivity contribution is -0.140. The third-order valence-electron chi connectivity index (χ3n) is 7.65. The summed E-state index contributed by atoms with van der Waals surface area (Å²) in [6.45, 7) is 10.4. The van der Waals surface area contributed by atoms with Gasteiger partial charge in [0.2, 0.25) is 0 Å². The summed E-state index contributed by atoms with van der Waals surface area (Å²) in [4.78, 5) is 30.7. The van der Waals surface area contributed by atoms with Gasteiger partial charge in [-0.2, -0.15) is 0 Å². The number of aliphatic hydroxyl groups is 1. The smallest absolute Gasteiger partial charge is 0.295 e. The largest absolute Gasteiger partial charge is 0.507 e. The molecule has 1 aliphatic rings. The van der Waals surface area contributed by atoms with Crippen molar-refractivity contribution in [3.63, 3.8) is 0 Å². The predicted molar refractivity (Wildman–Crippen MR) is 165 cm³/mol. The zero-order chi connectivity index (χ0) is 29.9. The zero-order valence-electron chi connectivity index (χ0n) is 24.9. The Morgan fingerprint density at radius 1 is 0.833 bits per heavy atom. The number of hydrogen-bond donors (Lipinski definition) is 1. The van der Waals surface area contributed by atoms with E-state index in [0.29, 0.717) is 43.2 Å². The van der Waals surface area contributed by atoms with Crippen LogP contribution in [0.3, 0.4) is 0 Å². The van der Waals surface area contributed by atoms with Crippen LogP contribution < -0.4 is 9.47 Å². The molecule has 1 saturated heterocycles. The molecule has 3 aromatic rings. The number of benzene rings is 3. The van der Waals surface area contributed by atoms with Crippen molar-refractivity contribution in [3.8, 4) is 11.5 Å². The molecule has 1 fully saturated rings. The van der Waals surface area contributed by atoms with E-state index in [9.17, 15) is 14.7 Å². The normalized spacial score (nSPS) is 16.3. The Labute approximate surface area is 249 Å². The molecule has 7 heteroatoms. The summed E-state index contributed by atoms with van der Waals surface area (Å²) in [5, 5.41) is 11.4. The number of ether oxygens (including phenoxy) is 2. The van der Waals surface area contributed by atoms with E-state index in [2.05, 4.69) is 25.7 Å². The van der Waals surface area contributed by atoms with Gasteiger partial charge >= 0.3 is 0 Å². The monoisotopic (exact) mass is 570 g/mol. The Kier molecular flexibility index (Phi) is 11.2. The summed E-state index contributed by atoms with van der Waals surface area (Å²) < 4.78 is 11.7. The summed E-state index contributed by atoms with van der Waals surface area (Å²) in [5.41, 5.74) is 2.36. The topological polar surface area (TPSA) is 79.3 Å². The van der Waals surface area contributed by atoms with Crippen LogP contribution in [0.25, 0.3) is 5.76 Å². The lowest BCUT2D eigenvalue weighted by atomic mass is 9.95. The second kappa shape index (κ2) is 15.2. The molecule has 0 radical (unpaired) electrons. The fraction of sp³-hybridized carbons (Fsp3) is 0.371. The molecule has 1 atom stereocenters. The summed E-state index contributed by atoms with van der Waals surface area (Å²) in [7, 11) is 0. The van der Waals surface area contributed by atoms with Gasteiger partial charge in [-0.3, -0.25) is 9.59 Å². The van der Waals surface area contributed by atoms with Gasteiger partial charge in [0.25, 0.3) is 11.7 Å². The van der Waals surface area contributed by atoms with E-state index in [0.717, 1.165) is 43.6 Å².